The predicted octanol–water partition coefficient (Wildman–Crippen LogP) is 2.39. The second kappa shape index (κ2) is 6.78. The van der Waals surface area contributed by atoms with Gasteiger partial charge in [-0.3, -0.25) is 4.79 Å². The topological polar surface area (TPSA) is 68.3 Å². The zero-order chi connectivity index (χ0) is 15.2. The predicted molar refractivity (Wildman–Crippen MR) is 81.7 cm³/mol. The fourth-order valence-corrected chi connectivity index (χ4v) is 1.99. The second-order valence-corrected chi connectivity index (χ2v) is 4.76. The standard InChI is InChI=1S/C17H18N2O2/c1-12-8-10-21-16(12)17(20)19-13(2)15-7-3-5-14(11-15)6-4-9-18/h3,5,7-8,10-11,13H,9,18H2,1-2H3,(H,19,20). The number of rotatable bonds is 3. The number of carbonyl (C=O) groups excluding carboxylic acids is 1. The average Bonchev–Trinajstić information content (AvgIpc) is 2.91. The molecule has 4 nitrogen and oxygen atoms in total. The van der Waals surface area contributed by atoms with Crippen molar-refractivity contribution in [3.63, 3.8) is 0 Å². The van der Waals surface area contributed by atoms with Crippen LogP contribution in [0, 0.1) is 18.8 Å². The van der Waals surface area contributed by atoms with Crippen LogP contribution in [0.4, 0.5) is 0 Å². The summed E-state index contributed by atoms with van der Waals surface area (Å²) < 4.78 is 5.19. The van der Waals surface area contributed by atoms with Crippen LogP contribution < -0.4 is 11.1 Å². The van der Waals surface area contributed by atoms with Crippen LogP contribution in [-0.4, -0.2) is 12.5 Å². The quantitative estimate of drug-likeness (QED) is 0.849. The number of nitrogens with one attached hydrogen (secondary N) is 1. The fourth-order valence-electron chi connectivity index (χ4n) is 1.99. The van der Waals surface area contributed by atoms with E-state index in [4.69, 9.17) is 10.2 Å². The van der Waals surface area contributed by atoms with Gasteiger partial charge in [-0.25, -0.2) is 0 Å². The number of hydrogen-bond acceptors (Lipinski definition) is 3. The minimum absolute atomic E-state index is 0.137. The van der Waals surface area contributed by atoms with E-state index < -0.39 is 0 Å². The molecule has 108 valence electrons. The molecular formula is C17H18N2O2. The van der Waals surface area contributed by atoms with Gasteiger partial charge in [-0.2, -0.15) is 0 Å². The Morgan fingerprint density at radius 1 is 1.43 bits per heavy atom. The van der Waals surface area contributed by atoms with Crippen LogP contribution in [0.25, 0.3) is 0 Å². The maximum absolute atomic E-state index is 12.1. The van der Waals surface area contributed by atoms with Gasteiger partial charge in [-0.05, 0) is 37.6 Å². The van der Waals surface area contributed by atoms with E-state index in [9.17, 15) is 4.79 Å². The maximum atomic E-state index is 12.1. The third kappa shape index (κ3) is 3.74. The Labute approximate surface area is 124 Å². The molecule has 0 aliphatic rings. The Kier molecular flexibility index (Phi) is 4.81. The molecule has 1 aromatic carbocycles. The van der Waals surface area contributed by atoms with Crippen LogP contribution >= 0.6 is 0 Å². The fraction of sp³-hybridized carbons (Fsp3) is 0.235. The largest absolute Gasteiger partial charge is 0.459 e. The van der Waals surface area contributed by atoms with Gasteiger partial charge < -0.3 is 15.5 Å². The lowest BCUT2D eigenvalue weighted by molar-refractivity contribution is 0.0911. The van der Waals surface area contributed by atoms with Crippen molar-refractivity contribution in [1.82, 2.24) is 5.32 Å². The van der Waals surface area contributed by atoms with Crippen LogP contribution in [0.1, 0.15) is 40.2 Å². The number of carbonyl (C=O) groups is 1. The summed E-state index contributed by atoms with van der Waals surface area (Å²) in [6.07, 6.45) is 1.51. The van der Waals surface area contributed by atoms with Crippen molar-refractivity contribution < 1.29 is 9.21 Å². The minimum atomic E-state index is -0.219. The number of benzene rings is 1. The highest BCUT2D eigenvalue weighted by molar-refractivity contribution is 5.93. The Bertz CT molecular complexity index is 692. The molecule has 0 saturated carbocycles. The molecule has 1 aromatic heterocycles. The van der Waals surface area contributed by atoms with Gasteiger partial charge in [-0.1, -0.05) is 24.0 Å². The molecule has 1 heterocycles. The summed E-state index contributed by atoms with van der Waals surface area (Å²) in [5, 5.41) is 2.92. The summed E-state index contributed by atoms with van der Waals surface area (Å²) in [6.45, 7) is 4.09. The summed E-state index contributed by atoms with van der Waals surface area (Å²) in [4.78, 5) is 12.1. The Morgan fingerprint density at radius 2 is 2.24 bits per heavy atom. The summed E-state index contributed by atoms with van der Waals surface area (Å²) in [5.41, 5.74) is 8.05. The molecule has 0 bridgehead atoms. The van der Waals surface area contributed by atoms with Crippen molar-refractivity contribution in [2.45, 2.75) is 19.9 Å². The molecule has 21 heavy (non-hydrogen) atoms. The lowest BCUT2D eigenvalue weighted by Crippen LogP contribution is -2.26. The molecule has 0 radical (unpaired) electrons. The van der Waals surface area contributed by atoms with Gasteiger partial charge in [0, 0.05) is 11.1 Å². The van der Waals surface area contributed by atoms with Crippen LogP contribution in [0.15, 0.2) is 41.0 Å². The molecule has 0 aliphatic heterocycles. The molecule has 0 fully saturated rings. The summed E-state index contributed by atoms with van der Waals surface area (Å²) in [6, 6.07) is 9.36. The van der Waals surface area contributed by atoms with E-state index in [0.29, 0.717) is 12.3 Å². The van der Waals surface area contributed by atoms with Crippen LogP contribution in [0.5, 0.6) is 0 Å². The third-order valence-corrected chi connectivity index (χ3v) is 3.14. The first-order chi connectivity index (χ1) is 10.1. The van der Waals surface area contributed by atoms with Crippen LogP contribution in [0.2, 0.25) is 0 Å². The molecule has 3 N–H and O–H groups in total. The van der Waals surface area contributed by atoms with Crippen molar-refractivity contribution >= 4 is 5.91 Å². The van der Waals surface area contributed by atoms with Gasteiger partial charge in [0.2, 0.25) is 0 Å². The molecule has 0 spiro atoms. The molecule has 2 rings (SSSR count). The van der Waals surface area contributed by atoms with E-state index in [1.54, 1.807) is 6.07 Å². The minimum Gasteiger partial charge on any atom is -0.459 e. The number of amides is 1. The molecular weight excluding hydrogens is 264 g/mol. The Morgan fingerprint density at radius 3 is 2.90 bits per heavy atom. The first-order valence-electron chi connectivity index (χ1n) is 6.75. The summed E-state index contributed by atoms with van der Waals surface area (Å²) in [7, 11) is 0. The van der Waals surface area contributed by atoms with Gasteiger partial charge in [-0.15, -0.1) is 0 Å². The van der Waals surface area contributed by atoms with Gasteiger partial charge in [0.05, 0.1) is 18.8 Å². The Hall–Kier alpha value is -2.51. The molecule has 1 amide bonds. The Balaban J connectivity index is 2.11. The van der Waals surface area contributed by atoms with Gasteiger partial charge >= 0.3 is 0 Å². The monoisotopic (exact) mass is 282 g/mol. The molecule has 4 heteroatoms. The number of aryl methyl sites for hydroxylation is 1. The molecule has 1 atom stereocenters. The van der Waals surface area contributed by atoms with Crippen molar-refractivity contribution in [1.29, 1.82) is 0 Å². The summed E-state index contributed by atoms with van der Waals surface area (Å²) in [5.74, 6) is 5.93. The lowest BCUT2D eigenvalue weighted by atomic mass is 10.0. The average molecular weight is 282 g/mol. The zero-order valence-electron chi connectivity index (χ0n) is 12.1. The number of hydrogen-bond donors (Lipinski definition) is 2. The van der Waals surface area contributed by atoms with Gasteiger partial charge in [0.15, 0.2) is 5.76 Å². The third-order valence-electron chi connectivity index (χ3n) is 3.14. The van der Waals surface area contributed by atoms with E-state index in [1.165, 1.54) is 6.26 Å². The highest BCUT2D eigenvalue weighted by atomic mass is 16.3. The number of furan rings is 1. The zero-order valence-corrected chi connectivity index (χ0v) is 12.1. The van der Waals surface area contributed by atoms with Gasteiger partial charge in [0.1, 0.15) is 0 Å². The van der Waals surface area contributed by atoms with Crippen molar-refractivity contribution in [3.05, 3.63) is 59.0 Å². The lowest BCUT2D eigenvalue weighted by Gasteiger charge is -2.14. The maximum Gasteiger partial charge on any atom is 0.287 e. The molecule has 0 saturated heterocycles. The van der Waals surface area contributed by atoms with E-state index in [0.717, 1.165) is 16.7 Å². The normalized spacial score (nSPS) is 11.4. The molecule has 1 unspecified atom stereocenters. The smallest absolute Gasteiger partial charge is 0.287 e. The highest BCUT2D eigenvalue weighted by Crippen LogP contribution is 2.16. The van der Waals surface area contributed by atoms with E-state index in [1.807, 2.05) is 38.1 Å². The second-order valence-electron chi connectivity index (χ2n) is 4.76. The van der Waals surface area contributed by atoms with E-state index in [2.05, 4.69) is 17.2 Å². The van der Waals surface area contributed by atoms with Crippen LogP contribution in [0.3, 0.4) is 0 Å². The summed E-state index contributed by atoms with van der Waals surface area (Å²) >= 11 is 0. The van der Waals surface area contributed by atoms with Crippen LogP contribution in [-0.2, 0) is 0 Å². The molecule has 0 aliphatic carbocycles. The number of nitrogens with two attached hydrogens (primary N) is 1. The van der Waals surface area contributed by atoms with Crippen molar-refractivity contribution in [3.8, 4) is 11.8 Å². The molecule has 2 aromatic rings. The van der Waals surface area contributed by atoms with E-state index in [-0.39, 0.29) is 11.9 Å². The van der Waals surface area contributed by atoms with Crippen molar-refractivity contribution in [2.24, 2.45) is 5.73 Å². The first-order valence-corrected chi connectivity index (χ1v) is 6.75. The van der Waals surface area contributed by atoms with E-state index >= 15 is 0 Å². The SMILES string of the molecule is Cc1ccoc1C(=O)NC(C)c1cccc(C#CCN)c1. The van der Waals surface area contributed by atoms with Crippen molar-refractivity contribution in [2.75, 3.05) is 6.54 Å². The van der Waals surface area contributed by atoms with Gasteiger partial charge in [0.25, 0.3) is 5.91 Å². The highest BCUT2D eigenvalue weighted by Gasteiger charge is 2.16. The first kappa shape index (κ1) is 14.9.